The number of sulfonamides is 1. The summed E-state index contributed by atoms with van der Waals surface area (Å²) < 4.78 is 27.7. The van der Waals surface area contributed by atoms with Gasteiger partial charge in [-0.05, 0) is 47.4 Å². The number of nitriles is 1. The fraction of sp³-hybridized carbons (Fsp3) is 0.136. The smallest absolute Gasteiger partial charge is 0.261 e. The number of anilines is 1. The third-order valence-electron chi connectivity index (χ3n) is 4.47. The second-order valence-corrected chi connectivity index (χ2v) is 8.40. The molecule has 0 saturated carbocycles. The highest BCUT2D eigenvalue weighted by molar-refractivity contribution is 7.92. The zero-order valence-corrected chi connectivity index (χ0v) is 16.8. The summed E-state index contributed by atoms with van der Waals surface area (Å²) in [6.45, 7) is 2.01. The molecule has 28 heavy (non-hydrogen) atoms. The molecule has 0 aromatic heterocycles. The van der Waals surface area contributed by atoms with Crippen LogP contribution in [0.5, 0.6) is 0 Å². The molecule has 4 nitrogen and oxygen atoms in total. The minimum atomic E-state index is -3.72. The second-order valence-electron chi connectivity index (χ2n) is 6.31. The van der Waals surface area contributed by atoms with Crippen molar-refractivity contribution in [3.63, 3.8) is 0 Å². The minimum Gasteiger partial charge on any atom is -0.280 e. The summed E-state index contributed by atoms with van der Waals surface area (Å²) in [5.41, 5.74) is 2.87. The molecular weight excluding hydrogens is 392 g/mol. The Bertz CT molecular complexity index is 1110. The van der Waals surface area contributed by atoms with E-state index in [2.05, 4.69) is 10.8 Å². The number of hydrogen-bond acceptors (Lipinski definition) is 3. The van der Waals surface area contributed by atoms with Gasteiger partial charge in [0.1, 0.15) is 0 Å². The Morgan fingerprint density at radius 1 is 1.04 bits per heavy atom. The first-order chi connectivity index (χ1) is 13.4. The Kier molecular flexibility index (Phi) is 6.03. The Morgan fingerprint density at radius 2 is 1.71 bits per heavy atom. The van der Waals surface area contributed by atoms with Crippen molar-refractivity contribution in [2.24, 2.45) is 0 Å². The topological polar surface area (TPSA) is 70.0 Å². The highest BCUT2D eigenvalue weighted by Gasteiger charge is 2.19. The lowest BCUT2D eigenvalue weighted by Crippen LogP contribution is -2.13. The average Bonchev–Trinajstić information content (AvgIpc) is 2.70. The van der Waals surface area contributed by atoms with E-state index in [0.717, 1.165) is 17.5 Å². The van der Waals surface area contributed by atoms with E-state index in [4.69, 9.17) is 11.6 Å². The predicted octanol–water partition coefficient (Wildman–Crippen LogP) is 5.36. The van der Waals surface area contributed by atoms with Gasteiger partial charge in [0.05, 0.1) is 22.6 Å². The summed E-state index contributed by atoms with van der Waals surface area (Å²) in [5, 5.41) is 9.91. The maximum Gasteiger partial charge on any atom is 0.261 e. The lowest BCUT2D eigenvalue weighted by Gasteiger charge is -2.14. The van der Waals surface area contributed by atoms with Crippen LogP contribution in [0.25, 0.3) is 0 Å². The molecular formula is C22H19ClN2O2S. The summed E-state index contributed by atoms with van der Waals surface area (Å²) in [5.74, 6) is -0.527. The molecule has 3 aromatic carbocycles. The van der Waals surface area contributed by atoms with Gasteiger partial charge in [-0.25, -0.2) is 8.42 Å². The Hall–Kier alpha value is -2.81. The van der Waals surface area contributed by atoms with E-state index >= 15 is 0 Å². The molecule has 0 heterocycles. The number of halogens is 1. The number of nitrogens with one attached hydrogen (secondary N) is 1. The molecule has 0 bridgehead atoms. The molecule has 6 heteroatoms. The van der Waals surface area contributed by atoms with Crippen LogP contribution in [0.2, 0.25) is 5.02 Å². The van der Waals surface area contributed by atoms with E-state index in [1.807, 2.05) is 37.3 Å². The first kappa shape index (κ1) is 19.9. The summed E-state index contributed by atoms with van der Waals surface area (Å²) in [4.78, 5) is 0.184. The number of aryl methyl sites for hydroxylation is 1. The molecule has 0 saturated heterocycles. The van der Waals surface area contributed by atoms with Gasteiger partial charge in [-0.15, -0.1) is 0 Å². The highest BCUT2D eigenvalue weighted by atomic mass is 35.5. The van der Waals surface area contributed by atoms with Gasteiger partial charge in [0, 0.05) is 5.02 Å². The van der Waals surface area contributed by atoms with Crippen molar-refractivity contribution in [1.29, 1.82) is 5.26 Å². The fourth-order valence-electron chi connectivity index (χ4n) is 2.91. The van der Waals surface area contributed by atoms with Crippen LogP contribution in [0.15, 0.2) is 77.7 Å². The third-order valence-corrected chi connectivity index (χ3v) is 6.19. The van der Waals surface area contributed by atoms with Crippen molar-refractivity contribution in [3.8, 4) is 6.07 Å². The van der Waals surface area contributed by atoms with Crippen LogP contribution in [-0.2, 0) is 16.4 Å². The summed E-state index contributed by atoms with van der Waals surface area (Å²) in [6.07, 6.45) is 0.840. The molecule has 0 radical (unpaired) electrons. The highest BCUT2D eigenvalue weighted by Crippen LogP contribution is 2.32. The van der Waals surface area contributed by atoms with E-state index in [1.165, 1.54) is 6.07 Å². The van der Waals surface area contributed by atoms with Gasteiger partial charge in [-0.2, -0.15) is 5.26 Å². The van der Waals surface area contributed by atoms with E-state index in [-0.39, 0.29) is 4.90 Å². The van der Waals surface area contributed by atoms with Crippen molar-refractivity contribution >= 4 is 27.3 Å². The largest absolute Gasteiger partial charge is 0.280 e. The maximum absolute atomic E-state index is 12.6. The zero-order chi connectivity index (χ0) is 20.1. The van der Waals surface area contributed by atoms with Crippen molar-refractivity contribution in [2.75, 3.05) is 4.72 Å². The molecule has 0 aliphatic heterocycles. The van der Waals surface area contributed by atoms with Gasteiger partial charge < -0.3 is 0 Å². The molecule has 3 aromatic rings. The quantitative estimate of drug-likeness (QED) is 0.594. The first-order valence-corrected chi connectivity index (χ1v) is 10.7. The molecule has 0 aliphatic carbocycles. The molecule has 3 rings (SSSR count). The van der Waals surface area contributed by atoms with Gasteiger partial charge in [-0.3, -0.25) is 4.72 Å². The normalized spacial score (nSPS) is 12.2. The molecule has 142 valence electrons. The van der Waals surface area contributed by atoms with Crippen molar-refractivity contribution in [3.05, 3.63) is 94.5 Å². The summed E-state index contributed by atoms with van der Waals surface area (Å²) in [7, 11) is -3.72. The number of nitrogens with zero attached hydrogens (tertiary/aromatic N) is 1. The standard InChI is InChI=1S/C22H19ClN2O2S/c1-2-16-8-11-19(12-9-16)28(26,27)25-18-10-13-20(22(23)14-18)21(15-24)17-6-4-3-5-7-17/h3-14,21,25H,2H2,1H3/t21-/m1/s1. The molecule has 0 aliphatic rings. The first-order valence-electron chi connectivity index (χ1n) is 8.80. The molecule has 0 fully saturated rings. The SMILES string of the molecule is CCc1ccc(S(=O)(=O)Nc2ccc([C@H](C#N)c3ccccc3)c(Cl)c2)cc1. The molecule has 1 atom stereocenters. The van der Waals surface area contributed by atoms with Gasteiger partial charge in [0.2, 0.25) is 0 Å². The van der Waals surface area contributed by atoms with E-state index in [1.54, 1.807) is 36.4 Å². The molecule has 0 amide bonds. The van der Waals surface area contributed by atoms with Crippen LogP contribution in [-0.4, -0.2) is 8.42 Å². The number of hydrogen-bond donors (Lipinski definition) is 1. The fourth-order valence-corrected chi connectivity index (χ4v) is 4.25. The number of benzene rings is 3. The average molecular weight is 411 g/mol. The van der Waals surface area contributed by atoms with E-state index < -0.39 is 15.9 Å². The predicted molar refractivity (Wildman–Crippen MR) is 112 cm³/mol. The second kappa shape index (κ2) is 8.47. The Morgan fingerprint density at radius 3 is 2.29 bits per heavy atom. The van der Waals surface area contributed by atoms with Crippen molar-refractivity contribution in [2.45, 2.75) is 24.2 Å². The van der Waals surface area contributed by atoms with Crippen LogP contribution in [0.3, 0.4) is 0 Å². The zero-order valence-electron chi connectivity index (χ0n) is 15.3. The minimum absolute atomic E-state index is 0.184. The van der Waals surface area contributed by atoms with Gasteiger partial charge in [0.15, 0.2) is 0 Å². The van der Waals surface area contributed by atoms with Crippen LogP contribution in [0, 0.1) is 11.3 Å². The van der Waals surface area contributed by atoms with Gasteiger partial charge in [0.25, 0.3) is 10.0 Å². The Labute approximate surface area is 170 Å². The van der Waals surface area contributed by atoms with Gasteiger partial charge in [-0.1, -0.05) is 67.1 Å². The summed E-state index contributed by atoms with van der Waals surface area (Å²) >= 11 is 6.38. The maximum atomic E-state index is 12.6. The monoisotopic (exact) mass is 410 g/mol. The van der Waals surface area contributed by atoms with Gasteiger partial charge >= 0.3 is 0 Å². The van der Waals surface area contributed by atoms with E-state index in [0.29, 0.717) is 16.3 Å². The van der Waals surface area contributed by atoms with Crippen LogP contribution >= 0.6 is 11.6 Å². The lowest BCUT2D eigenvalue weighted by atomic mass is 9.92. The van der Waals surface area contributed by atoms with Crippen LogP contribution < -0.4 is 4.72 Å². The third kappa shape index (κ3) is 4.36. The molecule has 0 unspecified atom stereocenters. The lowest BCUT2D eigenvalue weighted by molar-refractivity contribution is 0.601. The van der Waals surface area contributed by atoms with Crippen molar-refractivity contribution < 1.29 is 8.42 Å². The Balaban J connectivity index is 1.86. The van der Waals surface area contributed by atoms with Crippen molar-refractivity contribution in [1.82, 2.24) is 0 Å². The summed E-state index contributed by atoms with van der Waals surface area (Å²) in [6, 6.07) is 23.2. The van der Waals surface area contributed by atoms with Crippen LogP contribution in [0.1, 0.15) is 29.5 Å². The molecule has 0 spiro atoms. The van der Waals surface area contributed by atoms with E-state index in [9.17, 15) is 13.7 Å². The number of rotatable bonds is 6. The molecule has 1 N–H and O–H groups in total. The van der Waals surface area contributed by atoms with Crippen LogP contribution in [0.4, 0.5) is 5.69 Å².